The van der Waals surface area contributed by atoms with Crippen LogP contribution in [0.15, 0.2) is 0 Å². The SMILES string of the molecule is NC(CCO)C1CCCCCCC1. The first-order chi connectivity index (χ1) is 6.34. The maximum absolute atomic E-state index is 8.81. The lowest BCUT2D eigenvalue weighted by Gasteiger charge is -2.25. The smallest absolute Gasteiger partial charge is 0.0445 e. The van der Waals surface area contributed by atoms with Gasteiger partial charge in [-0.05, 0) is 25.2 Å². The van der Waals surface area contributed by atoms with Crippen LogP contribution in [0.4, 0.5) is 0 Å². The van der Waals surface area contributed by atoms with Crippen molar-refractivity contribution in [1.29, 1.82) is 0 Å². The van der Waals surface area contributed by atoms with Crippen LogP contribution in [-0.2, 0) is 0 Å². The van der Waals surface area contributed by atoms with Gasteiger partial charge in [-0.15, -0.1) is 0 Å². The van der Waals surface area contributed by atoms with Crippen molar-refractivity contribution in [3.8, 4) is 0 Å². The summed E-state index contributed by atoms with van der Waals surface area (Å²) in [6, 6.07) is 0.239. The molecule has 2 heteroatoms. The Morgan fingerprint density at radius 1 is 1.08 bits per heavy atom. The summed E-state index contributed by atoms with van der Waals surface area (Å²) in [7, 11) is 0. The lowest BCUT2D eigenvalue weighted by atomic mass is 9.85. The van der Waals surface area contributed by atoms with Gasteiger partial charge < -0.3 is 10.8 Å². The molecule has 1 fully saturated rings. The van der Waals surface area contributed by atoms with E-state index in [0.29, 0.717) is 5.92 Å². The average Bonchev–Trinajstić information content (AvgIpc) is 2.03. The monoisotopic (exact) mass is 185 g/mol. The number of hydrogen-bond acceptors (Lipinski definition) is 2. The zero-order valence-corrected chi connectivity index (χ0v) is 8.54. The van der Waals surface area contributed by atoms with E-state index in [1.54, 1.807) is 0 Å². The Hall–Kier alpha value is -0.0800. The Morgan fingerprint density at radius 2 is 1.62 bits per heavy atom. The van der Waals surface area contributed by atoms with E-state index in [2.05, 4.69) is 0 Å². The fraction of sp³-hybridized carbons (Fsp3) is 1.00. The molecule has 0 aliphatic heterocycles. The summed E-state index contributed by atoms with van der Waals surface area (Å²) in [6.07, 6.45) is 10.2. The van der Waals surface area contributed by atoms with Crippen LogP contribution in [-0.4, -0.2) is 17.8 Å². The number of aliphatic hydroxyl groups is 1. The second-order valence-electron chi connectivity index (χ2n) is 4.28. The molecule has 1 atom stereocenters. The predicted molar refractivity (Wildman–Crippen MR) is 55.5 cm³/mol. The first-order valence-electron chi connectivity index (χ1n) is 5.71. The third kappa shape index (κ3) is 4.10. The fourth-order valence-corrected chi connectivity index (χ4v) is 2.30. The zero-order chi connectivity index (χ0) is 9.52. The van der Waals surface area contributed by atoms with Crippen molar-refractivity contribution in [3.05, 3.63) is 0 Å². The Bertz CT molecular complexity index is 119. The Morgan fingerprint density at radius 3 is 2.15 bits per heavy atom. The molecule has 1 saturated carbocycles. The van der Waals surface area contributed by atoms with Crippen molar-refractivity contribution in [2.24, 2.45) is 11.7 Å². The maximum atomic E-state index is 8.81. The third-order valence-corrected chi connectivity index (χ3v) is 3.22. The Balaban J connectivity index is 2.27. The van der Waals surface area contributed by atoms with Crippen molar-refractivity contribution < 1.29 is 5.11 Å². The Labute approximate surface area is 81.5 Å². The van der Waals surface area contributed by atoms with Gasteiger partial charge >= 0.3 is 0 Å². The van der Waals surface area contributed by atoms with E-state index in [1.807, 2.05) is 0 Å². The van der Waals surface area contributed by atoms with Gasteiger partial charge in [0.1, 0.15) is 0 Å². The van der Waals surface area contributed by atoms with E-state index >= 15 is 0 Å². The van der Waals surface area contributed by atoms with Gasteiger partial charge in [0.2, 0.25) is 0 Å². The molecule has 0 saturated heterocycles. The van der Waals surface area contributed by atoms with Crippen LogP contribution in [0.5, 0.6) is 0 Å². The Kier molecular flexibility index (Phi) is 5.40. The van der Waals surface area contributed by atoms with Crippen LogP contribution >= 0.6 is 0 Å². The molecule has 0 aromatic heterocycles. The molecule has 0 spiro atoms. The van der Waals surface area contributed by atoms with Gasteiger partial charge in [0, 0.05) is 12.6 Å². The van der Waals surface area contributed by atoms with Crippen LogP contribution in [0.1, 0.15) is 51.4 Å². The molecule has 0 amide bonds. The fourth-order valence-electron chi connectivity index (χ4n) is 2.30. The van der Waals surface area contributed by atoms with E-state index < -0.39 is 0 Å². The predicted octanol–water partition coefficient (Wildman–Crippen LogP) is 2.06. The highest BCUT2D eigenvalue weighted by molar-refractivity contribution is 4.74. The second-order valence-corrected chi connectivity index (χ2v) is 4.28. The topological polar surface area (TPSA) is 46.2 Å². The van der Waals surface area contributed by atoms with Crippen molar-refractivity contribution in [2.45, 2.75) is 57.4 Å². The highest BCUT2D eigenvalue weighted by Gasteiger charge is 2.17. The molecular formula is C11H23NO. The summed E-state index contributed by atoms with van der Waals surface area (Å²) in [6.45, 7) is 0.248. The highest BCUT2D eigenvalue weighted by atomic mass is 16.3. The summed E-state index contributed by atoms with van der Waals surface area (Å²) in [5.74, 6) is 0.674. The molecule has 1 unspecified atom stereocenters. The zero-order valence-electron chi connectivity index (χ0n) is 8.54. The first kappa shape index (κ1) is 11.0. The van der Waals surface area contributed by atoms with E-state index in [1.165, 1.54) is 44.9 Å². The largest absolute Gasteiger partial charge is 0.396 e. The van der Waals surface area contributed by atoms with Gasteiger partial charge in [0.25, 0.3) is 0 Å². The summed E-state index contributed by atoms with van der Waals surface area (Å²) < 4.78 is 0. The van der Waals surface area contributed by atoms with Crippen molar-refractivity contribution >= 4 is 0 Å². The third-order valence-electron chi connectivity index (χ3n) is 3.22. The molecule has 2 nitrogen and oxygen atoms in total. The van der Waals surface area contributed by atoms with Crippen LogP contribution in [0, 0.1) is 5.92 Å². The van der Waals surface area contributed by atoms with Gasteiger partial charge in [-0.3, -0.25) is 0 Å². The van der Waals surface area contributed by atoms with Crippen molar-refractivity contribution in [2.75, 3.05) is 6.61 Å². The summed E-state index contributed by atoms with van der Waals surface area (Å²) in [5, 5.41) is 8.81. The minimum absolute atomic E-state index is 0.239. The summed E-state index contributed by atoms with van der Waals surface area (Å²) in [4.78, 5) is 0. The van der Waals surface area contributed by atoms with E-state index in [4.69, 9.17) is 10.8 Å². The molecule has 78 valence electrons. The summed E-state index contributed by atoms with van der Waals surface area (Å²) >= 11 is 0. The molecule has 0 bridgehead atoms. The number of rotatable bonds is 3. The van der Waals surface area contributed by atoms with Crippen LogP contribution in [0.3, 0.4) is 0 Å². The normalized spacial score (nSPS) is 23.5. The standard InChI is InChI=1S/C11H23NO/c12-11(8-9-13)10-6-4-2-1-3-5-7-10/h10-11,13H,1-9,12H2. The van der Waals surface area contributed by atoms with Gasteiger partial charge in [-0.2, -0.15) is 0 Å². The molecule has 0 aromatic carbocycles. The average molecular weight is 185 g/mol. The van der Waals surface area contributed by atoms with Crippen LogP contribution in [0.2, 0.25) is 0 Å². The van der Waals surface area contributed by atoms with E-state index in [-0.39, 0.29) is 12.6 Å². The second kappa shape index (κ2) is 6.39. The van der Waals surface area contributed by atoms with Crippen molar-refractivity contribution in [3.63, 3.8) is 0 Å². The van der Waals surface area contributed by atoms with Crippen LogP contribution < -0.4 is 5.73 Å². The molecule has 13 heavy (non-hydrogen) atoms. The first-order valence-corrected chi connectivity index (χ1v) is 5.71. The molecule has 0 radical (unpaired) electrons. The van der Waals surface area contributed by atoms with Gasteiger partial charge in [0.15, 0.2) is 0 Å². The van der Waals surface area contributed by atoms with Crippen LogP contribution in [0.25, 0.3) is 0 Å². The lowest BCUT2D eigenvalue weighted by Crippen LogP contribution is -2.31. The minimum Gasteiger partial charge on any atom is -0.396 e. The molecule has 0 aromatic rings. The minimum atomic E-state index is 0.239. The molecule has 0 heterocycles. The van der Waals surface area contributed by atoms with Gasteiger partial charge in [-0.1, -0.05) is 32.1 Å². The molecule has 3 N–H and O–H groups in total. The number of hydrogen-bond donors (Lipinski definition) is 2. The highest BCUT2D eigenvalue weighted by Crippen LogP contribution is 2.24. The number of aliphatic hydroxyl groups excluding tert-OH is 1. The molecule has 1 aliphatic rings. The quantitative estimate of drug-likeness (QED) is 0.707. The van der Waals surface area contributed by atoms with E-state index in [9.17, 15) is 0 Å². The molecule has 1 rings (SSSR count). The van der Waals surface area contributed by atoms with Gasteiger partial charge in [0.05, 0.1) is 0 Å². The van der Waals surface area contributed by atoms with Crippen molar-refractivity contribution in [1.82, 2.24) is 0 Å². The van der Waals surface area contributed by atoms with E-state index in [0.717, 1.165) is 6.42 Å². The lowest BCUT2D eigenvalue weighted by molar-refractivity contribution is 0.237. The number of nitrogens with two attached hydrogens (primary N) is 1. The molecular weight excluding hydrogens is 162 g/mol. The van der Waals surface area contributed by atoms with Gasteiger partial charge in [-0.25, -0.2) is 0 Å². The maximum Gasteiger partial charge on any atom is 0.0445 e. The summed E-state index contributed by atoms with van der Waals surface area (Å²) in [5.41, 5.74) is 6.02. The molecule has 1 aliphatic carbocycles.